The van der Waals surface area contributed by atoms with Crippen molar-refractivity contribution in [2.24, 2.45) is 5.92 Å². The molecule has 0 amide bonds. The number of nitrogens with one attached hydrogen (secondary N) is 2. The van der Waals surface area contributed by atoms with Gasteiger partial charge in [-0.3, -0.25) is 4.98 Å². The molecule has 2 atom stereocenters. The first-order chi connectivity index (χ1) is 22.8. The van der Waals surface area contributed by atoms with Gasteiger partial charge in [0.2, 0.25) is 0 Å². The molecule has 4 aromatic heterocycles. The van der Waals surface area contributed by atoms with Gasteiger partial charge in [0.1, 0.15) is 23.5 Å². The Morgan fingerprint density at radius 1 is 0.979 bits per heavy atom. The lowest BCUT2D eigenvalue weighted by atomic mass is 9.86. The third kappa shape index (κ3) is 7.39. The highest BCUT2D eigenvalue weighted by Gasteiger charge is 2.37. The summed E-state index contributed by atoms with van der Waals surface area (Å²) >= 11 is 0. The van der Waals surface area contributed by atoms with Crippen molar-refractivity contribution in [3.63, 3.8) is 0 Å². The molecule has 3 N–H and O–H groups in total. The van der Waals surface area contributed by atoms with Crippen molar-refractivity contribution < 1.29 is 18.3 Å². The Labute approximate surface area is 274 Å². The largest absolute Gasteiger partial charge is 0.489 e. The van der Waals surface area contributed by atoms with Crippen LogP contribution in [0.3, 0.4) is 0 Å². The zero-order valence-electron chi connectivity index (χ0n) is 26.5. The van der Waals surface area contributed by atoms with Crippen LogP contribution in [0.5, 0.6) is 5.75 Å². The highest BCUT2D eigenvalue weighted by molar-refractivity contribution is 7.90. The predicted molar refractivity (Wildman–Crippen MR) is 179 cm³/mol. The van der Waals surface area contributed by atoms with Gasteiger partial charge < -0.3 is 25.4 Å². The summed E-state index contributed by atoms with van der Waals surface area (Å²) in [6, 6.07) is 7.83. The van der Waals surface area contributed by atoms with Crippen LogP contribution < -0.4 is 15.4 Å². The molecular formula is C33H41N9O4S. The average Bonchev–Trinajstić information content (AvgIpc) is 3.83. The topological polar surface area (TPSA) is 160 Å². The normalized spacial score (nSPS) is 21.0. The summed E-state index contributed by atoms with van der Waals surface area (Å²) in [5, 5.41) is 20.5. The number of likely N-dealkylation sites (tertiary alicyclic amines) is 1. The summed E-state index contributed by atoms with van der Waals surface area (Å²) in [6.07, 6.45) is 15.6. The lowest BCUT2D eigenvalue weighted by Gasteiger charge is -2.30. The molecule has 4 aromatic rings. The Kier molecular flexibility index (Phi) is 9.06. The van der Waals surface area contributed by atoms with Crippen LogP contribution in [0.15, 0.2) is 55.2 Å². The van der Waals surface area contributed by atoms with E-state index in [1.165, 1.54) is 12.4 Å². The highest BCUT2D eigenvalue weighted by Crippen LogP contribution is 2.34. The first kappa shape index (κ1) is 31.5. The van der Waals surface area contributed by atoms with E-state index in [-0.39, 0.29) is 29.9 Å². The van der Waals surface area contributed by atoms with Gasteiger partial charge in [-0.25, -0.2) is 23.4 Å². The maximum absolute atomic E-state index is 12.6. The van der Waals surface area contributed by atoms with E-state index in [1.54, 1.807) is 24.7 Å². The van der Waals surface area contributed by atoms with Gasteiger partial charge in [-0.05, 0) is 76.1 Å². The number of anilines is 3. The second kappa shape index (κ2) is 13.5. The van der Waals surface area contributed by atoms with Crippen LogP contribution in [0, 0.1) is 5.92 Å². The van der Waals surface area contributed by atoms with Crippen LogP contribution in [0.4, 0.5) is 17.3 Å². The second-order valence-electron chi connectivity index (χ2n) is 12.9. The molecule has 13 nitrogen and oxygen atoms in total. The molecule has 7 rings (SSSR count). The molecular weight excluding hydrogens is 618 g/mol. The molecule has 1 saturated heterocycles. The minimum absolute atomic E-state index is 0.190. The van der Waals surface area contributed by atoms with E-state index in [1.807, 2.05) is 18.2 Å². The molecule has 0 bridgehead atoms. The predicted octanol–water partition coefficient (Wildman–Crippen LogP) is 4.32. The first-order valence-electron chi connectivity index (χ1n) is 16.4. The zero-order chi connectivity index (χ0) is 32.4. The summed E-state index contributed by atoms with van der Waals surface area (Å²) in [5.41, 5.74) is 3.02. The number of aliphatic hydroxyl groups excluding tert-OH is 1. The number of hydrogen-bond acceptors (Lipinski definition) is 12. The van der Waals surface area contributed by atoms with E-state index in [4.69, 9.17) is 14.7 Å². The summed E-state index contributed by atoms with van der Waals surface area (Å²) < 4.78 is 32.5. The van der Waals surface area contributed by atoms with Crippen LogP contribution in [-0.2, 0) is 10.0 Å². The van der Waals surface area contributed by atoms with Crippen molar-refractivity contribution in [1.29, 1.82) is 0 Å². The molecule has 47 heavy (non-hydrogen) atoms. The van der Waals surface area contributed by atoms with Crippen molar-refractivity contribution in [3.8, 4) is 28.4 Å². The number of nitrogens with zero attached hydrogens (tertiary/aromatic N) is 7. The molecule has 3 aliphatic rings. The number of aromatic nitrogens is 6. The van der Waals surface area contributed by atoms with Gasteiger partial charge in [-0.1, -0.05) is 6.42 Å². The molecule has 2 aliphatic carbocycles. The fourth-order valence-corrected chi connectivity index (χ4v) is 7.81. The molecule has 1 aliphatic heterocycles. The van der Waals surface area contributed by atoms with Crippen molar-refractivity contribution in [2.45, 2.75) is 68.8 Å². The smallest absolute Gasteiger partial charge is 0.256 e. The SMILES string of the molecule is CN1CCC(Oc2ccc(-c3cnc(Nc4ccnc(-c5cnn(S(=O)(=O)C6CC6)c5)n4)cc3N[C@H]3CCC[C@H](CO)C3)nc2)CC1. The van der Waals surface area contributed by atoms with E-state index >= 15 is 0 Å². The Bertz CT molecular complexity index is 1790. The molecule has 0 unspecified atom stereocenters. The van der Waals surface area contributed by atoms with E-state index in [0.29, 0.717) is 35.9 Å². The molecule has 0 aromatic carbocycles. The number of piperidine rings is 1. The summed E-state index contributed by atoms with van der Waals surface area (Å²) in [5.74, 6) is 2.47. The lowest BCUT2D eigenvalue weighted by molar-refractivity contribution is 0.114. The minimum Gasteiger partial charge on any atom is -0.489 e. The van der Waals surface area contributed by atoms with E-state index in [9.17, 15) is 13.5 Å². The summed E-state index contributed by atoms with van der Waals surface area (Å²) in [4.78, 5) is 20.7. The molecule has 5 heterocycles. The van der Waals surface area contributed by atoms with Crippen LogP contribution >= 0.6 is 0 Å². The first-order valence-corrected chi connectivity index (χ1v) is 17.9. The van der Waals surface area contributed by atoms with E-state index in [0.717, 1.165) is 78.4 Å². The number of pyridine rings is 2. The third-order valence-electron chi connectivity index (χ3n) is 9.22. The van der Waals surface area contributed by atoms with Gasteiger partial charge in [0.25, 0.3) is 10.0 Å². The molecule has 0 radical (unpaired) electrons. The second-order valence-corrected chi connectivity index (χ2v) is 15.0. The van der Waals surface area contributed by atoms with Gasteiger partial charge in [0.15, 0.2) is 5.82 Å². The quantitative estimate of drug-likeness (QED) is 0.210. The van der Waals surface area contributed by atoms with Crippen molar-refractivity contribution >= 4 is 27.3 Å². The third-order valence-corrected chi connectivity index (χ3v) is 11.3. The molecule has 3 fully saturated rings. The van der Waals surface area contributed by atoms with E-state index in [2.05, 4.69) is 37.6 Å². The monoisotopic (exact) mass is 659 g/mol. The number of hydrogen-bond donors (Lipinski definition) is 3. The van der Waals surface area contributed by atoms with Crippen LogP contribution in [0.25, 0.3) is 22.6 Å². The Morgan fingerprint density at radius 3 is 2.60 bits per heavy atom. The Hall–Kier alpha value is -4.14. The molecule has 14 heteroatoms. The number of aliphatic hydroxyl groups is 1. The summed E-state index contributed by atoms with van der Waals surface area (Å²) in [6.45, 7) is 2.25. The fourth-order valence-electron chi connectivity index (χ4n) is 6.34. The Balaban J connectivity index is 1.12. The number of rotatable bonds is 11. The molecule has 248 valence electrons. The molecule has 0 spiro atoms. The van der Waals surface area contributed by atoms with Crippen molar-refractivity contribution in [1.82, 2.24) is 34.0 Å². The van der Waals surface area contributed by atoms with Crippen LogP contribution in [-0.4, -0.2) is 91.7 Å². The van der Waals surface area contributed by atoms with Gasteiger partial charge in [-0.2, -0.15) is 9.19 Å². The van der Waals surface area contributed by atoms with Gasteiger partial charge in [0.05, 0.1) is 35.1 Å². The van der Waals surface area contributed by atoms with Gasteiger partial charge >= 0.3 is 0 Å². The summed E-state index contributed by atoms with van der Waals surface area (Å²) in [7, 11) is -1.35. The van der Waals surface area contributed by atoms with Gasteiger partial charge in [0, 0.05) is 55.4 Å². The van der Waals surface area contributed by atoms with E-state index < -0.39 is 10.0 Å². The zero-order valence-corrected chi connectivity index (χ0v) is 27.3. The van der Waals surface area contributed by atoms with Crippen molar-refractivity contribution in [3.05, 3.63) is 55.2 Å². The maximum Gasteiger partial charge on any atom is 0.256 e. The van der Waals surface area contributed by atoms with Crippen molar-refractivity contribution in [2.75, 3.05) is 37.4 Å². The van der Waals surface area contributed by atoms with Crippen LogP contribution in [0.1, 0.15) is 51.4 Å². The maximum atomic E-state index is 12.6. The highest BCUT2D eigenvalue weighted by atomic mass is 32.2. The van der Waals surface area contributed by atoms with Crippen LogP contribution in [0.2, 0.25) is 0 Å². The Morgan fingerprint density at radius 2 is 1.83 bits per heavy atom. The average molecular weight is 660 g/mol. The standard InChI is InChI=1S/C33H41N9O4S/c1-41-13-10-25(11-14-41)46-26-5-8-29(35-18-26)28-19-36-32(16-30(28)38-24-4-2-3-22(15-24)21-43)39-31-9-12-34-33(40-31)23-17-37-42(20-23)47(44,45)27-6-7-27/h5,8-9,12,16-20,22,24-25,27,43H,2-4,6-7,10-11,13-15,21H2,1H3,(H2,34,36,38,39,40)/t22-,24-/m0/s1. The molecule has 2 saturated carbocycles. The lowest BCUT2D eigenvalue weighted by Crippen LogP contribution is -2.35. The number of ether oxygens (including phenoxy) is 1. The van der Waals surface area contributed by atoms with Gasteiger partial charge in [-0.15, -0.1) is 0 Å². The fraction of sp³-hybridized carbons (Fsp3) is 0.485. The minimum atomic E-state index is -3.48.